The first-order chi connectivity index (χ1) is 13.0. The number of nitrogens with one attached hydrogen (secondary N) is 1. The molecule has 5 nitrogen and oxygen atoms in total. The van der Waals surface area contributed by atoms with E-state index in [-0.39, 0.29) is 4.90 Å². The number of H-pyrrole nitrogens is 1. The molecule has 0 saturated carbocycles. The second kappa shape index (κ2) is 6.83. The summed E-state index contributed by atoms with van der Waals surface area (Å²) in [5, 5.41) is 12.5. The Kier molecular flexibility index (Phi) is 4.35. The van der Waals surface area contributed by atoms with Gasteiger partial charge in [0.25, 0.3) is 0 Å². The van der Waals surface area contributed by atoms with E-state index in [0.29, 0.717) is 0 Å². The average Bonchev–Trinajstić information content (AvgIpc) is 3.18. The van der Waals surface area contributed by atoms with Gasteiger partial charge in [0, 0.05) is 11.1 Å². The third-order valence-corrected chi connectivity index (χ3v) is 5.30. The van der Waals surface area contributed by atoms with Gasteiger partial charge in [-0.1, -0.05) is 66.7 Å². The molecule has 0 atom stereocenters. The quantitative estimate of drug-likeness (QED) is 0.564. The lowest BCUT2D eigenvalue weighted by Gasteiger charge is -2.07. The van der Waals surface area contributed by atoms with Gasteiger partial charge in [0.15, 0.2) is 0 Å². The summed E-state index contributed by atoms with van der Waals surface area (Å²) in [4.78, 5) is 0.102. The Hall–Kier alpha value is -3.22. The summed E-state index contributed by atoms with van der Waals surface area (Å²) in [6.07, 6.45) is 1.80. The summed E-state index contributed by atoms with van der Waals surface area (Å²) < 4.78 is 23.1. The molecule has 3 aromatic carbocycles. The molecule has 0 aliphatic carbocycles. The maximum atomic E-state index is 11.6. The lowest BCUT2D eigenvalue weighted by Crippen LogP contribution is -2.11. The van der Waals surface area contributed by atoms with E-state index in [1.165, 1.54) is 6.07 Å². The highest BCUT2D eigenvalue weighted by Gasteiger charge is 2.11. The Morgan fingerprint density at radius 3 is 2.11 bits per heavy atom. The van der Waals surface area contributed by atoms with E-state index >= 15 is 0 Å². The van der Waals surface area contributed by atoms with Gasteiger partial charge >= 0.3 is 0 Å². The minimum absolute atomic E-state index is 0.102. The van der Waals surface area contributed by atoms with Gasteiger partial charge in [-0.3, -0.25) is 5.10 Å². The smallest absolute Gasteiger partial charge is 0.238 e. The van der Waals surface area contributed by atoms with Crippen LogP contribution in [0.4, 0.5) is 0 Å². The van der Waals surface area contributed by atoms with Crippen molar-refractivity contribution in [2.24, 2.45) is 5.14 Å². The fourth-order valence-corrected chi connectivity index (χ4v) is 3.58. The van der Waals surface area contributed by atoms with Crippen LogP contribution in [0, 0.1) is 0 Å². The molecular formula is C21H17N3O2S. The minimum Gasteiger partial charge on any atom is -0.277 e. The number of hydrogen-bond acceptors (Lipinski definition) is 3. The zero-order chi connectivity index (χ0) is 18.9. The second-order valence-electron chi connectivity index (χ2n) is 6.17. The molecule has 1 heterocycles. The van der Waals surface area contributed by atoms with E-state index in [0.717, 1.165) is 33.5 Å². The molecule has 0 radical (unpaired) electrons. The van der Waals surface area contributed by atoms with Crippen LogP contribution in [0.25, 0.3) is 33.5 Å². The molecule has 0 saturated heterocycles. The Labute approximate surface area is 157 Å². The topological polar surface area (TPSA) is 88.8 Å². The summed E-state index contributed by atoms with van der Waals surface area (Å²) in [6, 6.07) is 24.5. The highest BCUT2D eigenvalue weighted by atomic mass is 32.2. The van der Waals surface area contributed by atoms with Crippen LogP contribution in [-0.4, -0.2) is 18.6 Å². The molecule has 1 aromatic heterocycles. The van der Waals surface area contributed by atoms with Crippen LogP contribution in [-0.2, 0) is 10.0 Å². The van der Waals surface area contributed by atoms with E-state index < -0.39 is 10.0 Å². The summed E-state index contributed by atoms with van der Waals surface area (Å²) >= 11 is 0. The first-order valence-electron chi connectivity index (χ1n) is 8.35. The summed E-state index contributed by atoms with van der Waals surface area (Å²) in [6.45, 7) is 0. The summed E-state index contributed by atoms with van der Waals surface area (Å²) in [5.74, 6) is 0. The molecular weight excluding hydrogens is 358 g/mol. The van der Waals surface area contributed by atoms with Crippen molar-refractivity contribution in [1.82, 2.24) is 10.2 Å². The molecule has 0 bridgehead atoms. The van der Waals surface area contributed by atoms with Crippen molar-refractivity contribution in [2.75, 3.05) is 0 Å². The summed E-state index contributed by atoms with van der Waals surface area (Å²) in [7, 11) is -3.73. The van der Waals surface area contributed by atoms with Crippen molar-refractivity contribution in [3.8, 4) is 33.5 Å². The van der Waals surface area contributed by atoms with Gasteiger partial charge in [-0.25, -0.2) is 13.6 Å². The standard InChI is InChI=1S/C21H17N3O2S/c22-27(25,26)19-8-4-7-18(13-19)15-9-11-16(12-10-15)20-14-23-24-21(20)17-5-2-1-3-6-17/h1-14H,(H,23,24)(H2,22,25,26). The predicted octanol–water partition coefficient (Wildman–Crippen LogP) is 4.06. The monoisotopic (exact) mass is 375 g/mol. The van der Waals surface area contributed by atoms with Crippen molar-refractivity contribution in [3.05, 3.63) is 85.1 Å². The summed E-state index contributed by atoms with van der Waals surface area (Å²) in [5.41, 5.74) is 5.76. The third-order valence-electron chi connectivity index (χ3n) is 4.39. The van der Waals surface area contributed by atoms with Crippen molar-refractivity contribution in [2.45, 2.75) is 4.90 Å². The molecule has 0 amide bonds. The SMILES string of the molecule is NS(=O)(=O)c1cccc(-c2ccc(-c3cn[nH]c3-c3ccccc3)cc2)c1. The van der Waals surface area contributed by atoms with Gasteiger partial charge in [-0.15, -0.1) is 0 Å². The number of sulfonamides is 1. The van der Waals surface area contributed by atoms with E-state index in [4.69, 9.17) is 5.14 Å². The van der Waals surface area contributed by atoms with Crippen LogP contribution >= 0.6 is 0 Å². The molecule has 0 unspecified atom stereocenters. The first kappa shape index (κ1) is 17.2. The molecule has 4 rings (SSSR count). The van der Waals surface area contributed by atoms with E-state index in [2.05, 4.69) is 10.2 Å². The van der Waals surface area contributed by atoms with Gasteiger partial charge < -0.3 is 0 Å². The van der Waals surface area contributed by atoms with Gasteiger partial charge in [-0.05, 0) is 28.8 Å². The minimum atomic E-state index is -3.73. The van der Waals surface area contributed by atoms with Crippen molar-refractivity contribution < 1.29 is 8.42 Å². The average molecular weight is 375 g/mol. The number of aromatic amines is 1. The number of aromatic nitrogens is 2. The fraction of sp³-hybridized carbons (Fsp3) is 0. The molecule has 3 N–H and O–H groups in total. The molecule has 6 heteroatoms. The molecule has 4 aromatic rings. The third kappa shape index (κ3) is 3.53. The van der Waals surface area contributed by atoms with Gasteiger partial charge in [-0.2, -0.15) is 5.10 Å². The highest BCUT2D eigenvalue weighted by Crippen LogP contribution is 2.31. The molecule has 27 heavy (non-hydrogen) atoms. The Balaban J connectivity index is 1.70. The van der Waals surface area contributed by atoms with E-state index in [1.54, 1.807) is 18.3 Å². The maximum absolute atomic E-state index is 11.6. The maximum Gasteiger partial charge on any atom is 0.238 e. The zero-order valence-corrected chi connectivity index (χ0v) is 15.1. The van der Waals surface area contributed by atoms with Crippen LogP contribution in [0.5, 0.6) is 0 Å². The second-order valence-corrected chi connectivity index (χ2v) is 7.74. The van der Waals surface area contributed by atoms with Crippen LogP contribution < -0.4 is 5.14 Å². The molecule has 0 aliphatic rings. The normalized spacial score (nSPS) is 11.4. The number of hydrogen-bond donors (Lipinski definition) is 2. The number of benzene rings is 3. The Bertz CT molecular complexity index is 1180. The number of rotatable bonds is 4. The number of nitrogens with two attached hydrogens (primary N) is 1. The molecule has 0 fully saturated rings. The lowest BCUT2D eigenvalue weighted by molar-refractivity contribution is 0.598. The van der Waals surface area contributed by atoms with Gasteiger partial charge in [0.2, 0.25) is 10.0 Å². The van der Waals surface area contributed by atoms with Crippen LogP contribution in [0.1, 0.15) is 0 Å². The Morgan fingerprint density at radius 1 is 0.741 bits per heavy atom. The van der Waals surface area contributed by atoms with Crippen molar-refractivity contribution in [3.63, 3.8) is 0 Å². The molecule has 134 valence electrons. The molecule has 0 spiro atoms. The first-order valence-corrected chi connectivity index (χ1v) is 9.89. The van der Waals surface area contributed by atoms with Gasteiger partial charge in [0.05, 0.1) is 16.8 Å². The lowest BCUT2D eigenvalue weighted by atomic mass is 9.98. The van der Waals surface area contributed by atoms with Crippen molar-refractivity contribution in [1.29, 1.82) is 0 Å². The fourth-order valence-electron chi connectivity index (χ4n) is 3.02. The van der Waals surface area contributed by atoms with Gasteiger partial charge in [0.1, 0.15) is 0 Å². The van der Waals surface area contributed by atoms with E-state index in [1.807, 2.05) is 60.7 Å². The highest BCUT2D eigenvalue weighted by molar-refractivity contribution is 7.89. The number of nitrogens with zero attached hydrogens (tertiary/aromatic N) is 1. The van der Waals surface area contributed by atoms with E-state index in [9.17, 15) is 8.42 Å². The largest absolute Gasteiger partial charge is 0.277 e. The van der Waals surface area contributed by atoms with Crippen LogP contribution in [0.3, 0.4) is 0 Å². The zero-order valence-electron chi connectivity index (χ0n) is 14.3. The van der Waals surface area contributed by atoms with Crippen LogP contribution in [0.15, 0.2) is 90.0 Å². The molecule has 0 aliphatic heterocycles. The Morgan fingerprint density at radius 2 is 1.41 bits per heavy atom. The van der Waals surface area contributed by atoms with Crippen molar-refractivity contribution >= 4 is 10.0 Å². The van der Waals surface area contributed by atoms with Crippen LogP contribution in [0.2, 0.25) is 0 Å². The number of primary sulfonamides is 1. The predicted molar refractivity (Wildman–Crippen MR) is 106 cm³/mol.